The monoisotopic (exact) mass is 313 g/mol. The fourth-order valence-corrected chi connectivity index (χ4v) is 3.50. The maximum atomic E-state index is 13.2. The third kappa shape index (κ3) is 3.47. The van der Waals surface area contributed by atoms with Crippen LogP contribution >= 0.6 is 11.3 Å². The van der Waals surface area contributed by atoms with Gasteiger partial charge in [-0.25, -0.2) is 0 Å². The molecule has 0 fully saturated rings. The molecule has 114 valence electrons. The lowest BCUT2D eigenvalue weighted by molar-refractivity contribution is -0.138. The second-order valence-electron chi connectivity index (χ2n) is 4.94. The summed E-state index contributed by atoms with van der Waals surface area (Å²) in [4.78, 5) is 2.16. The van der Waals surface area contributed by atoms with Gasteiger partial charge in [-0.05, 0) is 43.7 Å². The van der Waals surface area contributed by atoms with E-state index in [1.54, 1.807) is 23.5 Å². The first-order valence-electron chi connectivity index (χ1n) is 6.81. The second-order valence-corrected chi connectivity index (χ2v) is 6.40. The van der Waals surface area contributed by atoms with Crippen LogP contribution in [0.5, 0.6) is 0 Å². The molecule has 1 nitrogen and oxygen atoms in total. The van der Waals surface area contributed by atoms with Gasteiger partial charge in [-0.1, -0.05) is 25.1 Å². The van der Waals surface area contributed by atoms with Crippen molar-refractivity contribution in [2.75, 3.05) is 6.54 Å². The molecule has 0 saturated carbocycles. The smallest absolute Gasteiger partial charge is 0.306 e. The molecule has 1 aromatic carbocycles. The molecule has 0 bridgehead atoms. The maximum Gasteiger partial charge on any atom is 0.416 e. The summed E-state index contributed by atoms with van der Waals surface area (Å²) in [6, 6.07) is 7.33. The molecule has 0 spiro atoms. The molecule has 5 heteroatoms. The zero-order valence-electron chi connectivity index (χ0n) is 12.2. The minimum atomic E-state index is -4.34. The van der Waals surface area contributed by atoms with Crippen molar-refractivity contribution in [1.29, 1.82) is 0 Å². The topological polar surface area (TPSA) is 12.0 Å². The summed E-state index contributed by atoms with van der Waals surface area (Å²) >= 11 is 1.61. The van der Waals surface area contributed by atoms with Gasteiger partial charge < -0.3 is 5.32 Å². The van der Waals surface area contributed by atoms with Crippen LogP contribution in [0.2, 0.25) is 0 Å². The number of benzene rings is 1. The van der Waals surface area contributed by atoms with Crippen molar-refractivity contribution in [3.63, 3.8) is 0 Å². The zero-order valence-corrected chi connectivity index (χ0v) is 13.0. The largest absolute Gasteiger partial charge is 0.416 e. The highest BCUT2D eigenvalue weighted by Gasteiger charge is 2.35. The first-order chi connectivity index (χ1) is 9.84. The molecule has 1 aromatic heterocycles. The van der Waals surface area contributed by atoms with E-state index < -0.39 is 17.8 Å². The van der Waals surface area contributed by atoms with Gasteiger partial charge in [0.15, 0.2) is 0 Å². The number of hydrogen-bond donors (Lipinski definition) is 1. The molecule has 2 rings (SSSR count). The first kappa shape index (κ1) is 16.0. The second kappa shape index (κ2) is 6.20. The van der Waals surface area contributed by atoms with Gasteiger partial charge in [0.1, 0.15) is 0 Å². The fraction of sp³-hybridized carbons (Fsp3) is 0.375. The molecule has 0 aliphatic rings. The highest BCUT2D eigenvalue weighted by Crippen LogP contribution is 2.38. The van der Waals surface area contributed by atoms with E-state index in [0.717, 1.165) is 21.4 Å². The molecule has 1 N–H and O–H groups in total. The molecular formula is C16H18F3NS. The van der Waals surface area contributed by atoms with Crippen LogP contribution in [0.1, 0.15) is 39.4 Å². The van der Waals surface area contributed by atoms with Gasteiger partial charge in [0.05, 0.1) is 11.6 Å². The predicted octanol–water partition coefficient (Wildman–Crippen LogP) is 5.08. The molecule has 0 radical (unpaired) electrons. The Kier molecular flexibility index (Phi) is 4.74. The van der Waals surface area contributed by atoms with E-state index in [9.17, 15) is 13.2 Å². The summed E-state index contributed by atoms with van der Waals surface area (Å²) in [5.41, 5.74) is 0.642. The highest BCUT2D eigenvalue weighted by molar-refractivity contribution is 7.12. The molecule has 1 atom stereocenters. The van der Waals surface area contributed by atoms with E-state index in [1.807, 2.05) is 26.8 Å². The van der Waals surface area contributed by atoms with E-state index >= 15 is 0 Å². The molecule has 1 unspecified atom stereocenters. The quantitative estimate of drug-likeness (QED) is 0.829. The van der Waals surface area contributed by atoms with Crippen LogP contribution in [-0.4, -0.2) is 6.54 Å². The minimum absolute atomic E-state index is 0.285. The van der Waals surface area contributed by atoms with E-state index in [1.165, 1.54) is 6.07 Å². The lowest BCUT2D eigenvalue weighted by Crippen LogP contribution is -2.25. The molecule has 0 aliphatic carbocycles. The first-order valence-corrected chi connectivity index (χ1v) is 7.62. The van der Waals surface area contributed by atoms with Crippen LogP contribution in [0.15, 0.2) is 30.3 Å². The van der Waals surface area contributed by atoms with Gasteiger partial charge in [-0.2, -0.15) is 13.2 Å². The molecular weight excluding hydrogens is 295 g/mol. The van der Waals surface area contributed by atoms with Crippen LogP contribution in [0.25, 0.3) is 0 Å². The van der Waals surface area contributed by atoms with Crippen molar-refractivity contribution in [2.45, 2.75) is 33.0 Å². The summed E-state index contributed by atoms with van der Waals surface area (Å²) in [6.07, 6.45) is -4.34. The van der Waals surface area contributed by atoms with E-state index in [4.69, 9.17) is 0 Å². The van der Waals surface area contributed by atoms with E-state index in [2.05, 4.69) is 5.32 Å². The van der Waals surface area contributed by atoms with Crippen LogP contribution < -0.4 is 5.32 Å². The van der Waals surface area contributed by atoms with E-state index in [0.29, 0.717) is 6.54 Å². The Labute approximate surface area is 126 Å². The Hall–Kier alpha value is -1.33. The molecule has 2 aromatic rings. The SMILES string of the molecule is CCNC(c1ccccc1C(F)(F)F)c1cc(C)sc1C. The highest BCUT2D eigenvalue weighted by atomic mass is 32.1. The van der Waals surface area contributed by atoms with Crippen molar-refractivity contribution < 1.29 is 13.2 Å². The van der Waals surface area contributed by atoms with Crippen molar-refractivity contribution in [1.82, 2.24) is 5.32 Å². The third-order valence-electron chi connectivity index (χ3n) is 3.38. The standard InChI is InChI=1S/C16H18F3NS/c1-4-20-15(13-9-10(2)21-11(13)3)12-7-5-6-8-14(12)16(17,18)19/h5-9,15,20H,4H2,1-3H3. The average molecular weight is 313 g/mol. The van der Waals surface area contributed by atoms with Crippen LogP contribution in [0.4, 0.5) is 13.2 Å². The third-order valence-corrected chi connectivity index (χ3v) is 4.36. The van der Waals surface area contributed by atoms with Gasteiger partial charge in [0.2, 0.25) is 0 Å². The zero-order chi connectivity index (χ0) is 15.6. The van der Waals surface area contributed by atoms with Crippen LogP contribution in [0, 0.1) is 13.8 Å². The Morgan fingerprint density at radius 3 is 2.33 bits per heavy atom. The molecule has 0 amide bonds. The van der Waals surface area contributed by atoms with Gasteiger partial charge >= 0.3 is 6.18 Å². The minimum Gasteiger partial charge on any atom is -0.306 e. The van der Waals surface area contributed by atoms with Gasteiger partial charge in [-0.15, -0.1) is 11.3 Å². The Morgan fingerprint density at radius 1 is 1.14 bits per heavy atom. The summed E-state index contributed by atoms with van der Waals surface area (Å²) in [5.74, 6) is 0. The number of thiophene rings is 1. The van der Waals surface area contributed by atoms with Crippen LogP contribution in [0.3, 0.4) is 0 Å². The molecule has 0 aliphatic heterocycles. The number of nitrogens with one attached hydrogen (secondary N) is 1. The number of halogens is 3. The molecule has 0 saturated heterocycles. The average Bonchev–Trinajstić information content (AvgIpc) is 2.74. The fourth-order valence-electron chi connectivity index (χ4n) is 2.54. The summed E-state index contributed by atoms with van der Waals surface area (Å²) < 4.78 is 39.7. The Morgan fingerprint density at radius 2 is 1.81 bits per heavy atom. The van der Waals surface area contributed by atoms with Gasteiger partial charge in [-0.3, -0.25) is 0 Å². The Balaban J connectivity index is 2.56. The summed E-state index contributed by atoms with van der Waals surface area (Å²) in [5, 5.41) is 3.19. The maximum absolute atomic E-state index is 13.2. The van der Waals surface area contributed by atoms with Gasteiger partial charge in [0.25, 0.3) is 0 Å². The number of aryl methyl sites for hydroxylation is 2. The van der Waals surface area contributed by atoms with Crippen molar-refractivity contribution in [2.24, 2.45) is 0 Å². The predicted molar refractivity (Wildman–Crippen MR) is 80.8 cm³/mol. The summed E-state index contributed by atoms with van der Waals surface area (Å²) in [6.45, 7) is 6.43. The number of rotatable bonds is 4. The normalized spacial score (nSPS) is 13.4. The van der Waals surface area contributed by atoms with Crippen molar-refractivity contribution in [3.05, 3.63) is 56.8 Å². The number of hydrogen-bond acceptors (Lipinski definition) is 2. The summed E-state index contributed by atoms with van der Waals surface area (Å²) in [7, 11) is 0. The van der Waals surface area contributed by atoms with E-state index in [-0.39, 0.29) is 5.56 Å². The molecule has 21 heavy (non-hydrogen) atoms. The van der Waals surface area contributed by atoms with Gasteiger partial charge in [0, 0.05) is 9.75 Å². The Bertz CT molecular complexity index is 616. The lowest BCUT2D eigenvalue weighted by atomic mass is 9.94. The van der Waals surface area contributed by atoms with Crippen molar-refractivity contribution >= 4 is 11.3 Å². The van der Waals surface area contributed by atoms with Crippen molar-refractivity contribution in [3.8, 4) is 0 Å². The number of alkyl halides is 3. The van der Waals surface area contributed by atoms with Crippen LogP contribution in [-0.2, 0) is 6.18 Å². The molecule has 1 heterocycles. The lowest BCUT2D eigenvalue weighted by Gasteiger charge is -2.22.